The van der Waals surface area contributed by atoms with E-state index in [1.165, 1.54) is 9.21 Å². The van der Waals surface area contributed by atoms with E-state index < -0.39 is 16.1 Å². The highest BCUT2D eigenvalue weighted by Gasteiger charge is 2.31. The minimum absolute atomic E-state index is 0.275. The van der Waals surface area contributed by atoms with Gasteiger partial charge in [0.15, 0.2) is 0 Å². The van der Waals surface area contributed by atoms with E-state index in [1.807, 2.05) is 33.8 Å². The van der Waals surface area contributed by atoms with Crippen molar-refractivity contribution in [2.24, 2.45) is 5.73 Å². The molecule has 0 saturated carbocycles. The van der Waals surface area contributed by atoms with Crippen LogP contribution in [0.2, 0.25) is 0 Å². The number of nitrogens with two attached hydrogens (primary N) is 1. The zero-order valence-electron chi connectivity index (χ0n) is 14.2. The Hall–Kier alpha value is -1.60. The lowest BCUT2D eigenvalue weighted by atomic mass is 10.0. The molecule has 0 radical (unpaired) electrons. The van der Waals surface area contributed by atoms with Gasteiger partial charge in [0.1, 0.15) is 0 Å². The highest BCUT2D eigenvalue weighted by atomic mass is 32.2. The zero-order valence-corrected chi connectivity index (χ0v) is 15.0. The van der Waals surface area contributed by atoms with Crippen molar-refractivity contribution < 1.29 is 13.2 Å². The molecule has 1 aromatic carbocycles. The third kappa shape index (κ3) is 3.35. The van der Waals surface area contributed by atoms with Gasteiger partial charge in [0.05, 0.1) is 4.90 Å². The molecular weight excluding hydrogens is 314 g/mol. The van der Waals surface area contributed by atoms with Crippen LogP contribution < -0.4 is 5.73 Å². The van der Waals surface area contributed by atoms with Crippen LogP contribution in [0.5, 0.6) is 0 Å². The molecule has 2 rings (SSSR count). The second-order valence-electron chi connectivity index (χ2n) is 6.17. The summed E-state index contributed by atoms with van der Waals surface area (Å²) in [6.07, 6.45) is 0.588. The van der Waals surface area contributed by atoms with Gasteiger partial charge in [0, 0.05) is 26.2 Å². The lowest BCUT2D eigenvalue weighted by Crippen LogP contribution is -2.40. The van der Waals surface area contributed by atoms with Crippen LogP contribution in [0.1, 0.15) is 28.7 Å². The maximum absolute atomic E-state index is 13.2. The SMILES string of the molecule is Cc1cc(C)c(C)c(S(=O)(=O)N2CCCN(C(N)=O)CC2)c1C. The molecule has 0 bridgehead atoms. The quantitative estimate of drug-likeness (QED) is 0.890. The Labute approximate surface area is 138 Å². The maximum Gasteiger partial charge on any atom is 0.314 e. The molecule has 128 valence electrons. The number of carbonyl (C=O) groups excluding carboxylic acids is 1. The Morgan fingerprint density at radius 3 is 2.09 bits per heavy atom. The van der Waals surface area contributed by atoms with E-state index >= 15 is 0 Å². The molecule has 2 N–H and O–H groups in total. The van der Waals surface area contributed by atoms with Crippen LogP contribution in [0.25, 0.3) is 0 Å². The molecule has 2 amide bonds. The predicted octanol–water partition coefficient (Wildman–Crippen LogP) is 1.70. The summed E-state index contributed by atoms with van der Waals surface area (Å²) in [7, 11) is -3.59. The fourth-order valence-corrected chi connectivity index (χ4v) is 5.10. The first-order chi connectivity index (χ1) is 10.7. The number of urea groups is 1. The van der Waals surface area contributed by atoms with E-state index in [9.17, 15) is 13.2 Å². The van der Waals surface area contributed by atoms with Crippen LogP contribution in [0.3, 0.4) is 0 Å². The Morgan fingerprint density at radius 2 is 1.57 bits per heavy atom. The van der Waals surface area contributed by atoms with Crippen LogP contribution in [0.4, 0.5) is 4.79 Å². The van der Waals surface area contributed by atoms with Gasteiger partial charge in [0.2, 0.25) is 10.0 Å². The smallest absolute Gasteiger partial charge is 0.314 e. The molecule has 0 aromatic heterocycles. The Kier molecular flexibility index (Phi) is 5.01. The van der Waals surface area contributed by atoms with Crippen LogP contribution in [0.15, 0.2) is 11.0 Å². The highest BCUT2D eigenvalue weighted by Crippen LogP contribution is 2.29. The first-order valence-electron chi connectivity index (χ1n) is 7.78. The molecule has 0 unspecified atom stereocenters. The zero-order chi connectivity index (χ0) is 17.4. The van der Waals surface area contributed by atoms with Gasteiger partial charge >= 0.3 is 6.03 Å². The van der Waals surface area contributed by atoms with Crippen LogP contribution in [0, 0.1) is 27.7 Å². The van der Waals surface area contributed by atoms with Crippen LogP contribution >= 0.6 is 0 Å². The molecule has 0 spiro atoms. The minimum atomic E-state index is -3.59. The molecule has 1 aliphatic heterocycles. The van der Waals surface area contributed by atoms with Crippen LogP contribution in [-0.2, 0) is 10.0 Å². The summed E-state index contributed by atoms with van der Waals surface area (Å²) in [6, 6.07) is 1.52. The topological polar surface area (TPSA) is 83.7 Å². The summed E-state index contributed by atoms with van der Waals surface area (Å²) >= 11 is 0. The number of carbonyl (C=O) groups is 1. The van der Waals surface area contributed by atoms with E-state index in [4.69, 9.17) is 5.73 Å². The molecule has 0 aliphatic carbocycles. The summed E-state index contributed by atoms with van der Waals surface area (Å²) in [5, 5.41) is 0. The molecule has 7 heteroatoms. The second-order valence-corrected chi connectivity index (χ2v) is 8.05. The third-order valence-electron chi connectivity index (χ3n) is 4.66. The maximum atomic E-state index is 13.2. The van der Waals surface area contributed by atoms with Crippen molar-refractivity contribution in [3.05, 3.63) is 28.3 Å². The summed E-state index contributed by atoms with van der Waals surface area (Å²) in [6.45, 7) is 9.05. The summed E-state index contributed by atoms with van der Waals surface area (Å²) in [5.74, 6) is 0. The van der Waals surface area contributed by atoms with E-state index in [0.29, 0.717) is 31.0 Å². The second kappa shape index (κ2) is 6.49. The largest absolute Gasteiger partial charge is 0.351 e. The lowest BCUT2D eigenvalue weighted by molar-refractivity contribution is 0.210. The molecule has 1 fully saturated rings. The number of aryl methyl sites for hydroxylation is 2. The Balaban J connectivity index is 2.42. The summed E-state index contributed by atoms with van der Waals surface area (Å²) < 4.78 is 27.8. The van der Waals surface area contributed by atoms with Crippen molar-refractivity contribution in [1.29, 1.82) is 0 Å². The van der Waals surface area contributed by atoms with E-state index in [-0.39, 0.29) is 6.54 Å². The average molecular weight is 339 g/mol. The number of sulfonamides is 1. The molecular formula is C16H25N3O3S. The molecule has 0 atom stereocenters. The lowest BCUT2D eigenvalue weighted by Gasteiger charge is -2.24. The normalized spacial score (nSPS) is 17.1. The molecule has 1 saturated heterocycles. The van der Waals surface area contributed by atoms with Crippen molar-refractivity contribution in [3.63, 3.8) is 0 Å². The molecule has 1 aliphatic rings. The number of hydrogen-bond acceptors (Lipinski definition) is 3. The molecule has 1 aromatic rings. The predicted molar refractivity (Wildman–Crippen MR) is 89.9 cm³/mol. The van der Waals surface area contributed by atoms with E-state index in [1.54, 1.807) is 0 Å². The van der Waals surface area contributed by atoms with Gasteiger partial charge in [-0.2, -0.15) is 4.31 Å². The van der Waals surface area contributed by atoms with Crippen molar-refractivity contribution in [1.82, 2.24) is 9.21 Å². The van der Waals surface area contributed by atoms with Gasteiger partial charge in [-0.05, 0) is 56.4 Å². The average Bonchev–Trinajstić information content (AvgIpc) is 2.71. The van der Waals surface area contributed by atoms with E-state index in [0.717, 1.165) is 22.3 Å². The van der Waals surface area contributed by atoms with Gasteiger partial charge in [0.25, 0.3) is 0 Å². The Bertz CT molecular complexity index is 702. The number of primary amides is 1. The van der Waals surface area contributed by atoms with Gasteiger partial charge in [-0.25, -0.2) is 13.2 Å². The van der Waals surface area contributed by atoms with Crippen LogP contribution in [-0.4, -0.2) is 49.8 Å². The standard InChI is InChI=1S/C16H25N3O3S/c1-11-10-12(2)14(4)15(13(11)3)23(21,22)19-7-5-6-18(8-9-19)16(17)20/h10H,5-9H2,1-4H3,(H2,17,20). The highest BCUT2D eigenvalue weighted by molar-refractivity contribution is 7.89. The molecule has 23 heavy (non-hydrogen) atoms. The van der Waals surface area contributed by atoms with Crippen molar-refractivity contribution in [2.75, 3.05) is 26.2 Å². The molecule has 6 nitrogen and oxygen atoms in total. The first kappa shape index (κ1) is 17.7. The number of benzene rings is 1. The molecule has 1 heterocycles. The minimum Gasteiger partial charge on any atom is -0.351 e. The number of rotatable bonds is 2. The summed E-state index contributed by atoms with van der Waals surface area (Å²) in [5.41, 5.74) is 8.85. The fraction of sp³-hybridized carbons (Fsp3) is 0.562. The van der Waals surface area contributed by atoms with Gasteiger partial charge in [-0.3, -0.25) is 0 Å². The number of nitrogens with zero attached hydrogens (tertiary/aromatic N) is 2. The number of amides is 2. The van der Waals surface area contributed by atoms with Gasteiger partial charge < -0.3 is 10.6 Å². The fourth-order valence-electron chi connectivity index (χ4n) is 3.05. The first-order valence-corrected chi connectivity index (χ1v) is 9.22. The van der Waals surface area contributed by atoms with E-state index in [2.05, 4.69) is 0 Å². The monoisotopic (exact) mass is 339 g/mol. The summed E-state index contributed by atoms with van der Waals surface area (Å²) in [4.78, 5) is 13.2. The van der Waals surface area contributed by atoms with Crippen molar-refractivity contribution >= 4 is 16.1 Å². The van der Waals surface area contributed by atoms with Crippen molar-refractivity contribution in [2.45, 2.75) is 39.0 Å². The van der Waals surface area contributed by atoms with Crippen molar-refractivity contribution in [3.8, 4) is 0 Å². The Morgan fingerprint density at radius 1 is 1.00 bits per heavy atom. The van der Waals surface area contributed by atoms with Gasteiger partial charge in [-0.15, -0.1) is 0 Å². The number of hydrogen-bond donors (Lipinski definition) is 1. The van der Waals surface area contributed by atoms with Gasteiger partial charge in [-0.1, -0.05) is 6.07 Å². The third-order valence-corrected chi connectivity index (χ3v) is 6.83.